The Kier molecular flexibility index (Phi) is 9.88. The van der Waals surface area contributed by atoms with Gasteiger partial charge < -0.3 is 4.74 Å². The van der Waals surface area contributed by atoms with E-state index in [4.69, 9.17) is 4.74 Å². The molecule has 0 aromatic rings. The maximum atomic E-state index is 5.26. The summed E-state index contributed by atoms with van der Waals surface area (Å²) < 4.78 is 5.26. The van der Waals surface area contributed by atoms with E-state index >= 15 is 0 Å². The third kappa shape index (κ3) is 8.54. The predicted octanol–water partition coefficient (Wildman–Crippen LogP) is 3.76. The molecular weight excluding hydrogens is 216 g/mol. The summed E-state index contributed by atoms with van der Waals surface area (Å²) in [6, 6.07) is 0. The highest BCUT2D eigenvalue weighted by atomic mass is 79.9. The minimum atomic E-state index is 0.726. The van der Waals surface area contributed by atoms with Crippen molar-refractivity contribution in [3.63, 3.8) is 0 Å². The topological polar surface area (TPSA) is 9.23 Å². The number of hydrogen-bond donors (Lipinski definition) is 0. The maximum absolute atomic E-state index is 5.26. The van der Waals surface area contributed by atoms with E-state index in [-0.39, 0.29) is 0 Å². The zero-order valence-electron chi connectivity index (χ0n) is 8.31. The molecule has 2 heteroatoms. The average molecular weight is 237 g/mol. The first-order valence-electron chi connectivity index (χ1n) is 5.03. The number of halogens is 1. The molecule has 0 aromatic carbocycles. The van der Waals surface area contributed by atoms with Crippen LogP contribution in [-0.4, -0.2) is 18.0 Å². The van der Waals surface area contributed by atoms with Crippen LogP contribution in [0.15, 0.2) is 0 Å². The van der Waals surface area contributed by atoms with E-state index < -0.39 is 0 Å². The van der Waals surface area contributed by atoms with Gasteiger partial charge in [0.05, 0.1) is 0 Å². The van der Waals surface area contributed by atoms with E-state index in [1.54, 1.807) is 0 Å². The van der Waals surface area contributed by atoms with Gasteiger partial charge in [-0.2, -0.15) is 0 Å². The van der Waals surface area contributed by atoms with E-state index in [1.165, 1.54) is 32.1 Å². The molecule has 0 saturated carbocycles. The minimum Gasteiger partial charge on any atom is -0.382 e. The molecule has 74 valence electrons. The van der Waals surface area contributed by atoms with Crippen molar-refractivity contribution in [3.8, 4) is 0 Å². The molecule has 0 heterocycles. The fourth-order valence-corrected chi connectivity index (χ4v) is 1.95. The van der Waals surface area contributed by atoms with Gasteiger partial charge in [0, 0.05) is 18.0 Å². The lowest BCUT2D eigenvalue weighted by Crippen LogP contribution is -1.99. The maximum Gasteiger partial charge on any atom is 0.0465 e. The monoisotopic (exact) mass is 236 g/mol. The molecule has 12 heavy (non-hydrogen) atoms. The molecule has 0 aliphatic carbocycles. The van der Waals surface area contributed by atoms with Crippen molar-refractivity contribution in [2.24, 2.45) is 0 Å². The molecule has 1 atom stereocenters. The third-order valence-corrected chi connectivity index (χ3v) is 2.78. The van der Waals surface area contributed by atoms with Crippen molar-refractivity contribution in [3.05, 3.63) is 0 Å². The lowest BCUT2D eigenvalue weighted by atomic mass is 10.1. The molecule has 0 spiro atoms. The van der Waals surface area contributed by atoms with Crippen molar-refractivity contribution >= 4 is 15.9 Å². The largest absolute Gasteiger partial charge is 0.382 e. The molecule has 1 unspecified atom stereocenters. The summed E-state index contributed by atoms with van der Waals surface area (Å²) in [6.45, 7) is 6.06. The molecular formula is C10H21BrO. The number of alkyl halides is 1. The van der Waals surface area contributed by atoms with Crippen LogP contribution in [0.25, 0.3) is 0 Å². The van der Waals surface area contributed by atoms with Gasteiger partial charge in [-0.25, -0.2) is 0 Å². The Morgan fingerprint density at radius 2 is 1.92 bits per heavy atom. The van der Waals surface area contributed by atoms with Crippen LogP contribution < -0.4 is 0 Å². The Hall–Kier alpha value is 0.440. The number of ether oxygens (including phenoxy) is 1. The van der Waals surface area contributed by atoms with Gasteiger partial charge in [0.25, 0.3) is 0 Å². The molecule has 0 aliphatic heterocycles. The molecule has 0 aliphatic rings. The van der Waals surface area contributed by atoms with Crippen molar-refractivity contribution in [1.29, 1.82) is 0 Å². The predicted molar refractivity (Wildman–Crippen MR) is 58.0 cm³/mol. The van der Waals surface area contributed by atoms with Crippen LogP contribution in [-0.2, 0) is 4.74 Å². The van der Waals surface area contributed by atoms with Crippen LogP contribution in [0.1, 0.15) is 46.0 Å². The summed E-state index contributed by atoms with van der Waals surface area (Å²) in [5.74, 6) is 0. The lowest BCUT2D eigenvalue weighted by molar-refractivity contribution is 0.143. The van der Waals surface area contributed by atoms with Gasteiger partial charge in [-0.3, -0.25) is 0 Å². The Morgan fingerprint density at radius 3 is 2.50 bits per heavy atom. The van der Waals surface area contributed by atoms with E-state index in [2.05, 4.69) is 22.9 Å². The molecule has 0 amide bonds. The van der Waals surface area contributed by atoms with Crippen molar-refractivity contribution in [2.45, 2.75) is 50.8 Å². The van der Waals surface area contributed by atoms with Crippen molar-refractivity contribution in [1.82, 2.24) is 0 Å². The molecule has 0 fully saturated rings. The first-order chi connectivity index (χ1) is 5.81. The van der Waals surface area contributed by atoms with Crippen LogP contribution in [0.5, 0.6) is 0 Å². The summed E-state index contributed by atoms with van der Waals surface area (Å²) in [5.41, 5.74) is 0. The summed E-state index contributed by atoms with van der Waals surface area (Å²) in [5, 5.41) is 0. The first kappa shape index (κ1) is 12.4. The Balaban J connectivity index is 2.97. The molecule has 0 N–H and O–H groups in total. The Bertz CT molecular complexity index is 85.9. The van der Waals surface area contributed by atoms with Crippen molar-refractivity contribution in [2.75, 3.05) is 13.2 Å². The molecule has 0 bridgehead atoms. The highest BCUT2D eigenvalue weighted by Gasteiger charge is 2.01. The number of hydrogen-bond acceptors (Lipinski definition) is 1. The minimum absolute atomic E-state index is 0.726. The molecule has 0 aromatic heterocycles. The third-order valence-electron chi connectivity index (χ3n) is 1.86. The van der Waals surface area contributed by atoms with Gasteiger partial charge in [-0.15, -0.1) is 0 Å². The first-order valence-corrected chi connectivity index (χ1v) is 5.94. The zero-order valence-corrected chi connectivity index (χ0v) is 9.90. The second kappa shape index (κ2) is 9.53. The molecule has 0 radical (unpaired) electrons. The van der Waals surface area contributed by atoms with Crippen LogP contribution in [0.3, 0.4) is 0 Å². The normalized spacial score (nSPS) is 13.2. The lowest BCUT2D eigenvalue weighted by Gasteiger charge is -2.07. The highest BCUT2D eigenvalue weighted by molar-refractivity contribution is 9.09. The Morgan fingerprint density at radius 1 is 1.17 bits per heavy atom. The van der Waals surface area contributed by atoms with E-state index in [9.17, 15) is 0 Å². The van der Waals surface area contributed by atoms with Gasteiger partial charge in [0.15, 0.2) is 0 Å². The van der Waals surface area contributed by atoms with Gasteiger partial charge in [-0.1, -0.05) is 35.7 Å². The second-order valence-corrected chi connectivity index (χ2v) is 4.37. The average Bonchev–Trinajstić information content (AvgIpc) is 2.05. The van der Waals surface area contributed by atoms with Gasteiger partial charge in [-0.05, 0) is 26.2 Å². The number of unbranched alkanes of at least 4 members (excludes halogenated alkanes) is 1. The van der Waals surface area contributed by atoms with Crippen LogP contribution >= 0.6 is 15.9 Å². The van der Waals surface area contributed by atoms with E-state index in [0.29, 0.717) is 0 Å². The summed E-state index contributed by atoms with van der Waals surface area (Å²) in [4.78, 5) is 0.726. The van der Waals surface area contributed by atoms with E-state index in [1.807, 2.05) is 6.92 Å². The zero-order chi connectivity index (χ0) is 9.23. The van der Waals surface area contributed by atoms with Gasteiger partial charge >= 0.3 is 0 Å². The fraction of sp³-hybridized carbons (Fsp3) is 1.00. The van der Waals surface area contributed by atoms with Crippen molar-refractivity contribution < 1.29 is 4.74 Å². The van der Waals surface area contributed by atoms with Gasteiger partial charge in [0.1, 0.15) is 0 Å². The van der Waals surface area contributed by atoms with Crippen LogP contribution in [0, 0.1) is 0 Å². The fourth-order valence-electron chi connectivity index (χ4n) is 1.17. The standard InChI is InChI=1S/C10H21BrO/c1-3-7-10(11)8-5-6-9-12-4-2/h10H,3-9H2,1-2H3. The molecule has 0 rings (SSSR count). The smallest absolute Gasteiger partial charge is 0.0465 e. The quantitative estimate of drug-likeness (QED) is 0.461. The number of rotatable bonds is 8. The summed E-state index contributed by atoms with van der Waals surface area (Å²) in [6.07, 6.45) is 6.37. The second-order valence-electron chi connectivity index (χ2n) is 3.08. The van der Waals surface area contributed by atoms with E-state index in [0.717, 1.165) is 18.0 Å². The SMILES string of the molecule is CCCC(Br)CCCCOCC. The van der Waals surface area contributed by atoms with Crippen LogP contribution in [0.2, 0.25) is 0 Å². The van der Waals surface area contributed by atoms with Crippen LogP contribution in [0.4, 0.5) is 0 Å². The summed E-state index contributed by atoms with van der Waals surface area (Å²) >= 11 is 3.67. The summed E-state index contributed by atoms with van der Waals surface area (Å²) in [7, 11) is 0. The Labute approximate surface area is 85.0 Å². The van der Waals surface area contributed by atoms with Gasteiger partial charge in [0.2, 0.25) is 0 Å². The highest BCUT2D eigenvalue weighted by Crippen LogP contribution is 2.15. The molecule has 1 nitrogen and oxygen atoms in total. The molecule has 0 saturated heterocycles.